The number of unbranched alkanes of at least 4 members (excludes halogenated alkanes) is 12. The maximum absolute atomic E-state index is 12.3. The lowest BCUT2D eigenvalue weighted by Crippen LogP contribution is -2.27. The van der Waals surface area contributed by atoms with Gasteiger partial charge in [-0.2, -0.15) is 0 Å². The molecule has 1 saturated heterocycles. The summed E-state index contributed by atoms with van der Waals surface area (Å²) >= 11 is 0. The van der Waals surface area contributed by atoms with Crippen molar-refractivity contribution in [3.63, 3.8) is 0 Å². The first-order chi connectivity index (χ1) is 15.2. The van der Waals surface area contributed by atoms with Crippen LogP contribution in [0.1, 0.15) is 117 Å². The van der Waals surface area contributed by atoms with Gasteiger partial charge in [0.1, 0.15) is 6.61 Å². The fourth-order valence-electron chi connectivity index (χ4n) is 4.57. The predicted molar refractivity (Wildman–Crippen MR) is 132 cm³/mol. The number of carbonyl (C=O) groups excluding carboxylic acids is 1. The Hall–Kier alpha value is -1.32. The molecule has 2 aliphatic rings. The zero-order chi connectivity index (χ0) is 22.2. The van der Waals surface area contributed by atoms with E-state index in [1.165, 1.54) is 83.5 Å². The van der Waals surface area contributed by atoms with Gasteiger partial charge in [-0.3, -0.25) is 4.79 Å². The van der Waals surface area contributed by atoms with Crippen LogP contribution < -0.4 is 0 Å². The average Bonchev–Trinajstić information content (AvgIpc) is 3.40. The number of ether oxygens (including phenoxy) is 1. The number of nitrogens with zero attached hydrogens (tertiary/aromatic N) is 2. The molecule has 2 heterocycles. The van der Waals surface area contributed by atoms with Crippen LogP contribution in [0.25, 0.3) is 0 Å². The summed E-state index contributed by atoms with van der Waals surface area (Å²) < 4.78 is 5.74. The van der Waals surface area contributed by atoms with E-state index in [-0.39, 0.29) is 11.8 Å². The number of rotatable bonds is 18. The molecule has 1 amide bonds. The highest BCUT2D eigenvalue weighted by Gasteiger charge is 2.35. The highest BCUT2D eigenvalue weighted by Crippen LogP contribution is 2.24. The Labute approximate surface area is 191 Å². The van der Waals surface area contributed by atoms with Crippen LogP contribution in [0.5, 0.6) is 0 Å². The second-order valence-electron chi connectivity index (χ2n) is 9.52. The fourth-order valence-corrected chi connectivity index (χ4v) is 4.57. The molecule has 178 valence electrons. The van der Waals surface area contributed by atoms with Gasteiger partial charge in [0.15, 0.2) is 5.90 Å². The van der Waals surface area contributed by atoms with E-state index < -0.39 is 0 Å². The number of allylic oxidation sites excluding steroid dienone is 2. The van der Waals surface area contributed by atoms with Gasteiger partial charge >= 0.3 is 0 Å². The Bertz CT molecular complexity index is 543. The van der Waals surface area contributed by atoms with Crippen LogP contribution >= 0.6 is 0 Å². The quantitative estimate of drug-likeness (QED) is 0.171. The Morgan fingerprint density at radius 1 is 0.903 bits per heavy atom. The van der Waals surface area contributed by atoms with E-state index in [1.807, 2.05) is 4.90 Å². The van der Waals surface area contributed by atoms with Gasteiger partial charge in [0.05, 0.1) is 12.0 Å². The number of hydrogen-bond acceptors (Lipinski definition) is 3. The minimum Gasteiger partial charge on any atom is -0.478 e. The van der Waals surface area contributed by atoms with Crippen LogP contribution in [-0.4, -0.2) is 42.4 Å². The summed E-state index contributed by atoms with van der Waals surface area (Å²) in [6, 6.07) is 0.301. The molecular formula is C27H48N2O2. The van der Waals surface area contributed by atoms with Crippen molar-refractivity contribution in [1.29, 1.82) is 0 Å². The molecule has 2 atom stereocenters. The summed E-state index contributed by atoms with van der Waals surface area (Å²) in [7, 11) is 0. The monoisotopic (exact) mass is 432 g/mol. The van der Waals surface area contributed by atoms with Gasteiger partial charge in [0.2, 0.25) is 5.91 Å². The lowest BCUT2D eigenvalue weighted by molar-refractivity contribution is -0.127. The minimum absolute atomic E-state index is 0.193. The van der Waals surface area contributed by atoms with Crippen LogP contribution in [0.3, 0.4) is 0 Å². The van der Waals surface area contributed by atoms with E-state index in [2.05, 4.69) is 31.0 Å². The minimum atomic E-state index is 0.193. The first kappa shape index (κ1) is 25.9. The van der Waals surface area contributed by atoms with Crippen molar-refractivity contribution in [1.82, 2.24) is 4.90 Å². The zero-order valence-electron chi connectivity index (χ0n) is 20.5. The summed E-state index contributed by atoms with van der Waals surface area (Å²) in [5, 5.41) is 0. The predicted octanol–water partition coefficient (Wildman–Crippen LogP) is 7.08. The smallest absolute Gasteiger partial charge is 0.223 e. The molecule has 31 heavy (non-hydrogen) atoms. The number of likely N-dealkylation sites (tertiary alicyclic amines) is 1. The van der Waals surface area contributed by atoms with Crippen molar-refractivity contribution < 1.29 is 9.53 Å². The molecule has 2 unspecified atom stereocenters. The maximum Gasteiger partial charge on any atom is 0.223 e. The summed E-state index contributed by atoms with van der Waals surface area (Å²) in [6.07, 6.45) is 24.9. The molecule has 1 fully saturated rings. The number of hydrogen-bond donors (Lipinski definition) is 0. The van der Waals surface area contributed by atoms with Gasteiger partial charge in [-0.15, -0.1) is 0 Å². The van der Waals surface area contributed by atoms with Gasteiger partial charge < -0.3 is 9.64 Å². The molecule has 0 N–H and O–H groups in total. The third-order valence-electron chi connectivity index (χ3n) is 6.71. The lowest BCUT2D eigenvalue weighted by atomic mass is 10.1. The molecule has 0 spiro atoms. The largest absolute Gasteiger partial charge is 0.478 e. The van der Waals surface area contributed by atoms with Crippen LogP contribution in [0.2, 0.25) is 0 Å². The average molecular weight is 433 g/mol. The third-order valence-corrected chi connectivity index (χ3v) is 6.71. The Kier molecular flexibility index (Phi) is 13.7. The summed E-state index contributed by atoms with van der Waals surface area (Å²) in [5.41, 5.74) is 0. The van der Waals surface area contributed by atoms with E-state index in [9.17, 15) is 4.79 Å². The molecule has 4 nitrogen and oxygen atoms in total. The topological polar surface area (TPSA) is 41.9 Å². The molecule has 0 bridgehead atoms. The number of aliphatic imine (C=N–C) groups is 1. The number of carbonyl (C=O) groups is 1. The van der Waals surface area contributed by atoms with Crippen molar-refractivity contribution in [3.8, 4) is 0 Å². The van der Waals surface area contributed by atoms with Crippen LogP contribution in [0.15, 0.2) is 17.1 Å². The van der Waals surface area contributed by atoms with E-state index in [0.29, 0.717) is 19.1 Å². The number of amides is 1. The highest BCUT2D eigenvalue weighted by atomic mass is 16.5. The summed E-state index contributed by atoms with van der Waals surface area (Å²) in [6.45, 7) is 6.82. The molecule has 4 heteroatoms. The van der Waals surface area contributed by atoms with Crippen LogP contribution in [0, 0.1) is 5.92 Å². The van der Waals surface area contributed by atoms with Crippen molar-refractivity contribution in [2.24, 2.45) is 10.9 Å². The SMILES string of the molecule is CCCCCCCC/C=C/CCCCCCCCN1CC(C2=NC(CC)CO2)CC1=O. The van der Waals surface area contributed by atoms with Gasteiger partial charge in [-0.25, -0.2) is 4.99 Å². The molecule has 2 aliphatic heterocycles. The highest BCUT2D eigenvalue weighted by molar-refractivity contribution is 5.89. The Balaban J connectivity index is 1.39. The molecule has 0 aliphatic carbocycles. The van der Waals surface area contributed by atoms with Crippen LogP contribution in [-0.2, 0) is 9.53 Å². The molecular weight excluding hydrogens is 384 g/mol. The molecule has 0 aromatic heterocycles. The molecule has 0 aromatic carbocycles. The standard InChI is InChI=1S/C27H48N2O2/c1-3-5-6-7-8-9-10-11-12-13-14-15-16-17-18-19-20-29-22-24(21-26(29)30)27-28-25(4-2)23-31-27/h11-12,24-25H,3-10,13-23H2,1-2H3/b12-11+. The summed E-state index contributed by atoms with van der Waals surface area (Å²) in [4.78, 5) is 19.0. The second-order valence-corrected chi connectivity index (χ2v) is 9.52. The van der Waals surface area contributed by atoms with Gasteiger partial charge in [0, 0.05) is 19.5 Å². The normalized spacial score (nSPS) is 21.3. The maximum atomic E-state index is 12.3. The van der Waals surface area contributed by atoms with Crippen molar-refractivity contribution >= 4 is 11.8 Å². The molecule has 2 rings (SSSR count). The van der Waals surface area contributed by atoms with Gasteiger partial charge in [-0.05, 0) is 38.5 Å². The van der Waals surface area contributed by atoms with Gasteiger partial charge in [-0.1, -0.05) is 83.8 Å². The van der Waals surface area contributed by atoms with E-state index in [1.54, 1.807) is 0 Å². The first-order valence-corrected chi connectivity index (χ1v) is 13.4. The second kappa shape index (κ2) is 16.3. The molecule has 0 saturated carbocycles. The van der Waals surface area contributed by atoms with Crippen molar-refractivity contribution in [2.75, 3.05) is 19.7 Å². The third kappa shape index (κ3) is 10.7. The van der Waals surface area contributed by atoms with Crippen LogP contribution in [0.4, 0.5) is 0 Å². The molecule has 0 aromatic rings. The Morgan fingerprint density at radius 2 is 1.52 bits per heavy atom. The lowest BCUT2D eigenvalue weighted by Gasteiger charge is -2.16. The van der Waals surface area contributed by atoms with E-state index in [4.69, 9.17) is 4.74 Å². The van der Waals surface area contributed by atoms with Gasteiger partial charge in [0.25, 0.3) is 0 Å². The fraction of sp³-hybridized carbons (Fsp3) is 0.852. The zero-order valence-corrected chi connectivity index (χ0v) is 20.5. The summed E-state index contributed by atoms with van der Waals surface area (Å²) in [5.74, 6) is 1.31. The van der Waals surface area contributed by atoms with Crippen molar-refractivity contribution in [2.45, 2.75) is 123 Å². The first-order valence-electron chi connectivity index (χ1n) is 13.4. The van der Waals surface area contributed by atoms with E-state index in [0.717, 1.165) is 31.8 Å². The van der Waals surface area contributed by atoms with E-state index >= 15 is 0 Å². The Morgan fingerprint density at radius 3 is 2.13 bits per heavy atom. The van der Waals surface area contributed by atoms with Crippen molar-refractivity contribution in [3.05, 3.63) is 12.2 Å². The molecule has 0 radical (unpaired) electrons.